The van der Waals surface area contributed by atoms with Gasteiger partial charge in [-0.05, 0) is 47.5 Å². The summed E-state index contributed by atoms with van der Waals surface area (Å²) < 4.78 is 7.24. The molecule has 0 spiro atoms. The van der Waals surface area contributed by atoms with Gasteiger partial charge in [0.15, 0.2) is 0 Å². The average Bonchev–Trinajstić information content (AvgIpc) is 3.34. The van der Waals surface area contributed by atoms with Crippen LogP contribution in [0.4, 0.5) is 0 Å². The Bertz CT molecular complexity index is 811. The molecule has 24 heavy (non-hydrogen) atoms. The van der Waals surface area contributed by atoms with Gasteiger partial charge in [-0.3, -0.25) is 0 Å². The molecule has 0 unspecified atom stereocenters. The van der Waals surface area contributed by atoms with Gasteiger partial charge in [0.05, 0.1) is 11.8 Å². The number of nitrogens with zero attached hydrogens (tertiary/aromatic N) is 6. The van der Waals surface area contributed by atoms with Crippen molar-refractivity contribution in [3.05, 3.63) is 35.2 Å². The second kappa shape index (κ2) is 6.90. The molecule has 124 valence electrons. The number of halogens is 1. The third kappa shape index (κ3) is 3.29. The summed E-state index contributed by atoms with van der Waals surface area (Å²) in [6.45, 7) is 0. The molecule has 9 heteroatoms. The molecule has 0 radical (unpaired) electrons. The number of aromatic nitrogens is 6. The fourth-order valence-electron chi connectivity index (χ4n) is 2.81. The van der Waals surface area contributed by atoms with E-state index in [-0.39, 0.29) is 0 Å². The molecule has 0 bridgehead atoms. The van der Waals surface area contributed by atoms with Crippen molar-refractivity contribution in [1.29, 1.82) is 0 Å². The zero-order chi connectivity index (χ0) is 16.4. The maximum atomic E-state index is 5.89. The van der Waals surface area contributed by atoms with Crippen LogP contribution in [0.1, 0.15) is 37.6 Å². The molecule has 2 aromatic heterocycles. The van der Waals surface area contributed by atoms with Crippen LogP contribution in [0.3, 0.4) is 0 Å². The molecule has 0 N–H and O–H groups in total. The van der Waals surface area contributed by atoms with E-state index in [2.05, 4.69) is 25.7 Å². The molecule has 0 amide bonds. The van der Waals surface area contributed by atoms with Crippen LogP contribution < -0.4 is 0 Å². The van der Waals surface area contributed by atoms with Crippen molar-refractivity contribution in [2.75, 3.05) is 0 Å². The SMILES string of the molecule is Clc1ccc(-c2noc(CSc3nnnn3C3CCCC3)n2)cc1. The molecule has 1 aromatic carbocycles. The van der Waals surface area contributed by atoms with E-state index in [4.69, 9.17) is 16.1 Å². The topological polar surface area (TPSA) is 82.5 Å². The monoisotopic (exact) mass is 362 g/mol. The third-order valence-corrected chi connectivity index (χ3v) is 5.20. The molecule has 0 saturated heterocycles. The van der Waals surface area contributed by atoms with Crippen LogP contribution >= 0.6 is 23.4 Å². The van der Waals surface area contributed by atoms with Crippen LogP contribution in [-0.4, -0.2) is 30.3 Å². The van der Waals surface area contributed by atoms with E-state index in [1.54, 1.807) is 12.1 Å². The maximum Gasteiger partial charge on any atom is 0.237 e. The minimum Gasteiger partial charge on any atom is -0.338 e. The van der Waals surface area contributed by atoms with Crippen molar-refractivity contribution in [3.8, 4) is 11.4 Å². The summed E-state index contributed by atoms with van der Waals surface area (Å²) in [6, 6.07) is 7.75. The predicted molar refractivity (Wildman–Crippen MR) is 89.6 cm³/mol. The predicted octanol–water partition coefficient (Wildman–Crippen LogP) is 3.78. The minimum atomic E-state index is 0.412. The summed E-state index contributed by atoms with van der Waals surface area (Å²) in [4.78, 5) is 4.42. The Hall–Kier alpha value is -1.93. The highest BCUT2D eigenvalue weighted by Crippen LogP contribution is 2.32. The summed E-state index contributed by atoms with van der Waals surface area (Å²) in [7, 11) is 0. The Labute approximate surface area is 147 Å². The second-order valence-electron chi connectivity index (χ2n) is 5.65. The summed E-state index contributed by atoms with van der Waals surface area (Å²) in [5, 5.41) is 17.5. The van der Waals surface area contributed by atoms with E-state index in [0.29, 0.717) is 28.5 Å². The Morgan fingerprint density at radius 3 is 2.79 bits per heavy atom. The number of hydrogen-bond donors (Lipinski definition) is 0. The van der Waals surface area contributed by atoms with Crippen molar-refractivity contribution in [3.63, 3.8) is 0 Å². The molecule has 1 aliphatic rings. The van der Waals surface area contributed by atoms with Gasteiger partial charge in [0, 0.05) is 10.6 Å². The maximum absolute atomic E-state index is 5.89. The quantitative estimate of drug-likeness (QED) is 0.638. The molecule has 4 rings (SSSR count). The fourth-order valence-corrected chi connectivity index (χ4v) is 3.72. The molecule has 0 aliphatic heterocycles. The lowest BCUT2D eigenvalue weighted by molar-refractivity contribution is 0.391. The van der Waals surface area contributed by atoms with Crippen molar-refractivity contribution in [1.82, 2.24) is 30.3 Å². The summed E-state index contributed by atoms with van der Waals surface area (Å²) in [6.07, 6.45) is 4.76. The van der Waals surface area contributed by atoms with Crippen LogP contribution in [0.2, 0.25) is 5.02 Å². The van der Waals surface area contributed by atoms with E-state index in [1.807, 2.05) is 16.8 Å². The molecule has 0 atom stereocenters. The van der Waals surface area contributed by atoms with E-state index in [1.165, 1.54) is 24.6 Å². The molecule has 1 saturated carbocycles. The number of tetrazole rings is 1. The molecular weight excluding hydrogens is 348 g/mol. The number of benzene rings is 1. The Morgan fingerprint density at radius 1 is 1.21 bits per heavy atom. The first-order valence-corrected chi connectivity index (χ1v) is 9.15. The molecular formula is C15H15ClN6OS. The van der Waals surface area contributed by atoms with E-state index in [0.717, 1.165) is 23.6 Å². The van der Waals surface area contributed by atoms with Gasteiger partial charge in [-0.1, -0.05) is 41.4 Å². The van der Waals surface area contributed by atoms with Crippen LogP contribution in [0.5, 0.6) is 0 Å². The van der Waals surface area contributed by atoms with Gasteiger partial charge in [-0.25, -0.2) is 4.68 Å². The molecule has 1 aliphatic carbocycles. The Morgan fingerprint density at radius 2 is 2.00 bits per heavy atom. The average molecular weight is 363 g/mol. The zero-order valence-corrected chi connectivity index (χ0v) is 14.4. The van der Waals surface area contributed by atoms with Gasteiger partial charge in [0.25, 0.3) is 0 Å². The van der Waals surface area contributed by atoms with Crippen LogP contribution in [-0.2, 0) is 5.75 Å². The van der Waals surface area contributed by atoms with Gasteiger partial charge in [0.1, 0.15) is 0 Å². The first kappa shape index (κ1) is 15.6. The first-order valence-electron chi connectivity index (χ1n) is 7.79. The van der Waals surface area contributed by atoms with Crippen molar-refractivity contribution in [2.45, 2.75) is 42.6 Å². The Kier molecular flexibility index (Phi) is 4.48. The summed E-state index contributed by atoms with van der Waals surface area (Å²) in [5.74, 6) is 1.64. The van der Waals surface area contributed by atoms with E-state index in [9.17, 15) is 0 Å². The molecule has 7 nitrogen and oxygen atoms in total. The van der Waals surface area contributed by atoms with E-state index >= 15 is 0 Å². The third-order valence-electron chi connectivity index (χ3n) is 4.03. The lowest BCUT2D eigenvalue weighted by atomic mass is 10.2. The largest absolute Gasteiger partial charge is 0.338 e. The van der Waals surface area contributed by atoms with E-state index < -0.39 is 0 Å². The van der Waals surface area contributed by atoms with Crippen LogP contribution in [0.15, 0.2) is 33.9 Å². The second-order valence-corrected chi connectivity index (χ2v) is 7.03. The highest BCUT2D eigenvalue weighted by atomic mass is 35.5. The minimum absolute atomic E-state index is 0.412. The van der Waals surface area contributed by atoms with Gasteiger partial charge in [-0.15, -0.1) is 5.10 Å². The van der Waals surface area contributed by atoms with Crippen molar-refractivity contribution < 1.29 is 4.52 Å². The number of thioether (sulfide) groups is 1. The van der Waals surface area contributed by atoms with Gasteiger partial charge >= 0.3 is 0 Å². The fraction of sp³-hybridized carbons (Fsp3) is 0.400. The number of hydrogen-bond acceptors (Lipinski definition) is 7. The highest BCUT2D eigenvalue weighted by molar-refractivity contribution is 7.98. The molecule has 1 fully saturated rings. The summed E-state index contributed by atoms with van der Waals surface area (Å²) >= 11 is 7.41. The van der Waals surface area contributed by atoms with Crippen molar-refractivity contribution in [2.24, 2.45) is 0 Å². The highest BCUT2D eigenvalue weighted by Gasteiger charge is 2.22. The zero-order valence-electron chi connectivity index (χ0n) is 12.8. The smallest absolute Gasteiger partial charge is 0.237 e. The van der Waals surface area contributed by atoms with Crippen molar-refractivity contribution >= 4 is 23.4 Å². The lowest BCUT2D eigenvalue weighted by Crippen LogP contribution is -2.08. The van der Waals surface area contributed by atoms with Crippen LogP contribution in [0, 0.1) is 0 Å². The van der Waals surface area contributed by atoms with Gasteiger partial charge < -0.3 is 4.52 Å². The van der Waals surface area contributed by atoms with Gasteiger partial charge in [-0.2, -0.15) is 4.98 Å². The normalized spacial score (nSPS) is 15.2. The molecule has 2 heterocycles. The van der Waals surface area contributed by atoms with Gasteiger partial charge in [0.2, 0.25) is 16.9 Å². The number of rotatable bonds is 5. The standard InChI is InChI=1S/C15H15ClN6OS/c16-11-7-5-10(6-8-11)14-17-13(23-19-14)9-24-15-18-20-21-22(15)12-3-1-2-4-12/h5-8,12H,1-4,9H2. The summed E-state index contributed by atoms with van der Waals surface area (Å²) in [5.41, 5.74) is 0.871. The Balaban J connectivity index is 1.44. The van der Waals surface area contributed by atoms with Crippen LogP contribution in [0.25, 0.3) is 11.4 Å². The first-order chi connectivity index (χ1) is 11.8. The lowest BCUT2D eigenvalue weighted by Gasteiger charge is -2.09. The molecule has 3 aromatic rings.